The molecule has 0 spiro atoms. The highest BCUT2D eigenvalue weighted by Gasteiger charge is 2.21. The second-order valence-electron chi connectivity index (χ2n) is 6.59. The summed E-state index contributed by atoms with van der Waals surface area (Å²) in [5.74, 6) is 0. The van der Waals surface area contributed by atoms with E-state index in [2.05, 4.69) is 64.8 Å². The largest absolute Gasteiger partial charge is 0.306 e. The van der Waals surface area contributed by atoms with E-state index in [1.54, 1.807) is 12.7 Å². The number of rotatable bonds is 5. The Balaban J connectivity index is 1.43. The predicted molar refractivity (Wildman–Crippen MR) is 94.6 cm³/mol. The van der Waals surface area contributed by atoms with Crippen LogP contribution in [0.1, 0.15) is 40.3 Å². The van der Waals surface area contributed by atoms with E-state index >= 15 is 0 Å². The van der Waals surface area contributed by atoms with Gasteiger partial charge in [-0.25, -0.2) is 9.67 Å². The molecule has 1 N–H and O–H groups in total. The summed E-state index contributed by atoms with van der Waals surface area (Å²) in [6.45, 7) is 3.83. The molecular formula is C20H22N4. The standard InChI is InChI=1S/C20H22N4/c1-15-5-6-18-7-8-20(19(18)9-15)22-11-16-3-2-4-17(10-16)12-24-14-21-13-23-24/h2-6,9-10,13-14,20,22H,7-8,11-12H2,1H3/t20-/m1/s1. The molecule has 1 aliphatic rings. The predicted octanol–water partition coefficient (Wildman–Crippen LogP) is 3.41. The van der Waals surface area contributed by atoms with Crippen molar-refractivity contribution in [3.05, 3.63) is 82.9 Å². The van der Waals surface area contributed by atoms with Crippen LogP contribution in [0.4, 0.5) is 0 Å². The monoisotopic (exact) mass is 318 g/mol. The number of hydrogen-bond acceptors (Lipinski definition) is 3. The molecule has 0 saturated carbocycles. The molecule has 1 aliphatic carbocycles. The van der Waals surface area contributed by atoms with E-state index < -0.39 is 0 Å². The van der Waals surface area contributed by atoms with Gasteiger partial charge in [-0.1, -0.05) is 48.0 Å². The molecule has 4 heteroatoms. The fourth-order valence-corrected chi connectivity index (χ4v) is 3.51. The van der Waals surface area contributed by atoms with Gasteiger partial charge >= 0.3 is 0 Å². The van der Waals surface area contributed by atoms with E-state index in [-0.39, 0.29) is 0 Å². The van der Waals surface area contributed by atoms with E-state index in [0.29, 0.717) is 6.04 Å². The van der Waals surface area contributed by atoms with Crippen LogP contribution in [0.2, 0.25) is 0 Å². The van der Waals surface area contributed by atoms with Crippen LogP contribution >= 0.6 is 0 Å². The molecule has 122 valence electrons. The van der Waals surface area contributed by atoms with E-state index in [1.807, 2.05) is 4.68 Å². The Labute approximate surface area is 142 Å². The van der Waals surface area contributed by atoms with Crippen molar-refractivity contribution in [2.45, 2.75) is 38.9 Å². The van der Waals surface area contributed by atoms with Gasteiger partial charge in [0.1, 0.15) is 12.7 Å². The number of fused-ring (bicyclic) bond motifs is 1. The maximum absolute atomic E-state index is 4.17. The number of benzene rings is 2. The second-order valence-corrected chi connectivity index (χ2v) is 6.59. The Morgan fingerprint density at radius 1 is 1.17 bits per heavy atom. The molecule has 0 unspecified atom stereocenters. The first kappa shape index (κ1) is 15.1. The van der Waals surface area contributed by atoms with Gasteiger partial charge in [-0.05, 0) is 42.0 Å². The first-order valence-corrected chi connectivity index (χ1v) is 8.51. The number of aromatic nitrogens is 3. The van der Waals surface area contributed by atoms with Crippen LogP contribution in [0.5, 0.6) is 0 Å². The molecule has 0 aliphatic heterocycles. The molecule has 0 radical (unpaired) electrons. The van der Waals surface area contributed by atoms with Crippen molar-refractivity contribution in [2.75, 3.05) is 0 Å². The number of hydrogen-bond donors (Lipinski definition) is 1. The molecule has 1 heterocycles. The molecule has 0 amide bonds. The molecule has 1 atom stereocenters. The Bertz CT molecular complexity index is 823. The van der Waals surface area contributed by atoms with Crippen LogP contribution in [0.3, 0.4) is 0 Å². The van der Waals surface area contributed by atoms with Gasteiger partial charge in [-0.15, -0.1) is 0 Å². The van der Waals surface area contributed by atoms with Crippen molar-refractivity contribution < 1.29 is 0 Å². The molecule has 3 aromatic rings. The molecule has 4 nitrogen and oxygen atoms in total. The average molecular weight is 318 g/mol. The summed E-state index contributed by atoms with van der Waals surface area (Å²) in [6.07, 6.45) is 5.70. The van der Waals surface area contributed by atoms with Crippen LogP contribution in [-0.4, -0.2) is 14.8 Å². The van der Waals surface area contributed by atoms with Gasteiger partial charge in [0.15, 0.2) is 0 Å². The normalized spacial score (nSPS) is 16.3. The van der Waals surface area contributed by atoms with Crippen molar-refractivity contribution >= 4 is 0 Å². The minimum Gasteiger partial charge on any atom is -0.306 e. The Hall–Kier alpha value is -2.46. The first-order chi connectivity index (χ1) is 11.8. The zero-order chi connectivity index (χ0) is 16.4. The molecule has 24 heavy (non-hydrogen) atoms. The molecular weight excluding hydrogens is 296 g/mol. The lowest BCUT2D eigenvalue weighted by molar-refractivity contribution is 0.530. The van der Waals surface area contributed by atoms with Crippen LogP contribution in [0.25, 0.3) is 0 Å². The molecule has 0 bridgehead atoms. The van der Waals surface area contributed by atoms with Crippen LogP contribution in [-0.2, 0) is 19.5 Å². The zero-order valence-corrected chi connectivity index (χ0v) is 13.9. The Morgan fingerprint density at radius 3 is 2.96 bits per heavy atom. The van der Waals surface area contributed by atoms with Crippen molar-refractivity contribution in [1.29, 1.82) is 0 Å². The fraction of sp³-hybridized carbons (Fsp3) is 0.300. The molecule has 0 fully saturated rings. The highest BCUT2D eigenvalue weighted by atomic mass is 15.3. The van der Waals surface area contributed by atoms with Gasteiger partial charge in [0.05, 0.1) is 6.54 Å². The molecule has 0 saturated heterocycles. The van der Waals surface area contributed by atoms with Crippen LogP contribution < -0.4 is 5.32 Å². The highest BCUT2D eigenvalue weighted by Crippen LogP contribution is 2.31. The van der Waals surface area contributed by atoms with E-state index in [4.69, 9.17) is 0 Å². The van der Waals surface area contributed by atoms with Gasteiger partial charge in [0.25, 0.3) is 0 Å². The number of aryl methyl sites for hydroxylation is 2. The lowest BCUT2D eigenvalue weighted by Crippen LogP contribution is -2.18. The van der Waals surface area contributed by atoms with Gasteiger partial charge in [-0.3, -0.25) is 0 Å². The number of nitrogens with one attached hydrogen (secondary N) is 1. The first-order valence-electron chi connectivity index (χ1n) is 8.51. The number of nitrogens with zero attached hydrogens (tertiary/aromatic N) is 3. The third-order valence-corrected chi connectivity index (χ3v) is 4.73. The minimum atomic E-state index is 0.471. The molecule has 1 aromatic heterocycles. The Morgan fingerprint density at radius 2 is 2.08 bits per heavy atom. The van der Waals surface area contributed by atoms with Gasteiger partial charge in [0.2, 0.25) is 0 Å². The molecule has 2 aromatic carbocycles. The zero-order valence-electron chi connectivity index (χ0n) is 13.9. The SMILES string of the molecule is Cc1ccc2c(c1)[C@H](NCc1cccc(Cn3cncn3)c1)CC2. The van der Waals surface area contributed by atoms with Crippen molar-refractivity contribution in [3.8, 4) is 0 Å². The maximum Gasteiger partial charge on any atom is 0.137 e. The minimum absolute atomic E-state index is 0.471. The highest BCUT2D eigenvalue weighted by molar-refractivity contribution is 5.37. The van der Waals surface area contributed by atoms with Crippen LogP contribution in [0, 0.1) is 6.92 Å². The smallest absolute Gasteiger partial charge is 0.137 e. The van der Waals surface area contributed by atoms with Crippen molar-refractivity contribution in [3.63, 3.8) is 0 Å². The molecule has 4 rings (SSSR count). The summed E-state index contributed by atoms with van der Waals surface area (Å²) in [6, 6.07) is 16.0. The van der Waals surface area contributed by atoms with E-state index in [1.165, 1.54) is 40.7 Å². The lowest BCUT2D eigenvalue weighted by Gasteiger charge is -2.15. The quantitative estimate of drug-likeness (QED) is 0.784. The summed E-state index contributed by atoms with van der Waals surface area (Å²) in [5, 5.41) is 7.91. The van der Waals surface area contributed by atoms with Gasteiger partial charge in [0, 0.05) is 12.6 Å². The van der Waals surface area contributed by atoms with Crippen molar-refractivity contribution in [1.82, 2.24) is 20.1 Å². The summed E-state index contributed by atoms with van der Waals surface area (Å²) in [7, 11) is 0. The van der Waals surface area contributed by atoms with Gasteiger partial charge < -0.3 is 5.32 Å². The lowest BCUT2D eigenvalue weighted by atomic mass is 10.0. The van der Waals surface area contributed by atoms with E-state index in [9.17, 15) is 0 Å². The van der Waals surface area contributed by atoms with Gasteiger partial charge in [-0.2, -0.15) is 5.10 Å². The topological polar surface area (TPSA) is 42.7 Å². The second kappa shape index (κ2) is 6.57. The van der Waals surface area contributed by atoms with Crippen molar-refractivity contribution in [2.24, 2.45) is 0 Å². The Kier molecular flexibility index (Phi) is 4.13. The summed E-state index contributed by atoms with van der Waals surface area (Å²) >= 11 is 0. The third kappa shape index (κ3) is 3.24. The van der Waals surface area contributed by atoms with E-state index in [0.717, 1.165) is 13.1 Å². The van der Waals surface area contributed by atoms with Crippen LogP contribution in [0.15, 0.2) is 55.1 Å². The average Bonchev–Trinajstić information content (AvgIpc) is 3.23. The fourth-order valence-electron chi connectivity index (χ4n) is 3.51. The summed E-state index contributed by atoms with van der Waals surface area (Å²) < 4.78 is 1.85. The third-order valence-electron chi connectivity index (χ3n) is 4.73. The summed E-state index contributed by atoms with van der Waals surface area (Å²) in [4.78, 5) is 4.00. The summed E-state index contributed by atoms with van der Waals surface area (Å²) in [5.41, 5.74) is 6.89. The maximum atomic E-state index is 4.17.